The molecule has 0 spiro atoms. The van der Waals surface area contributed by atoms with Crippen LogP contribution >= 0.6 is 0 Å². The summed E-state index contributed by atoms with van der Waals surface area (Å²) in [6.07, 6.45) is 0. The van der Waals surface area contributed by atoms with Crippen molar-refractivity contribution in [2.24, 2.45) is 0 Å². The molecule has 6 nitrogen and oxygen atoms in total. The molecular formula is C18H22N2O4S. The molecule has 134 valence electrons. The number of sulfonamides is 1. The maximum absolute atomic E-state index is 12.1. The Morgan fingerprint density at radius 1 is 1.08 bits per heavy atom. The normalized spacial score (nSPS) is 12.6. The molecule has 0 saturated heterocycles. The van der Waals surface area contributed by atoms with Crippen LogP contribution in [0, 0.1) is 0 Å². The number of hydrogen-bond acceptors (Lipinski definition) is 4. The molecule has 7 heteroatoms. The van der Waals surface area contributed by atoms with Crippen LogP contribution in [-0.4, -0.2) is 39.3 Å². The van der Waals surface area contributed by atoms with E-state index < -0.39 is 10.0 Å². The molecule has 0 aliphatic rings. The van der Waals surface area contributed by atoms with Crippen molar-refractivity contribution < 1.29 is 17.9 Å². The molecule has 0 radical (unpaired) electrons. The van der Waals surface area contributed by atoms with Crippen molar-refractivity contribution in [3.8, 4) is 5.75 Å². The minimum atomic E-state index is -3.46. The van der Waals surface area contributed by atoms with E-state index in [1.807, 2.05) is 25.1 Å². The summed E-state index contributed by atoms with van der Waals surface area (Å²) in [5, 5.41) is 2.82. The second-order valence-corrected chi connectivity index (χ2v) is 7.90. The number of benzene rings is 2. The number of carbonyl (C=O) groups is 1. The van der Waals surface area contributed by atoms with E-state index in [-0.39, 0.29) is 23.5 Å². The van der Waals surface area contributed by atoms with Crippen LogP contribution in [0.4, 0.5) is 0 Å². The second-order valence-electron chi connectivity index (χ2n) is 5.75. The Labute approximate surface area is 148 Å². The largest absolute Gasteiger partial charge is 0.484 e. The Bertz CT molecular complexity index is 803. The van der Waals surface area contributed by atoms with Gasteiger partial charge in [0.15, 0.2) is 6.61 Å². The van der Waals surface area contributed by atoms with Crippen LogP contribution < -0.4 is 10.1 Å². The summed E-state index contributed by atoms with van der Waals surface area (Å²) in [5.74, 6) is 0.380. The number of rotatable bonds is 7. The van der Waals surface area contributed by atoms with Gasteiger partial charge in [-0.25, -0.2) is 12.7 Å². The SMILES string of the molecule is CC(NC(=O)COc1ccccc1)c1ccc(S(=O)(=O)N(C)C)cc1. The molecule has 2 rings (SSSR count). The van der Waals surface area contributed by atoms with Crippen molar-refractivity contribution in [2.75, 3.05) is 20.7 Å². The van der Waals surface area contributed by atoms with Gasteiger partial charge in [0.25, 0.3) is 5.91 Å². The van der Waals surface area contributed by atoms with E-state index in [1.54, 1.807) is 24.3 Å². The molecule has 1 unspecified atom stereocenters. The Balaban J connectivity index is 1.94. The summed E-state index contributed by atoms with van der Waals surface area (Å²) in [6, 6.07) is 15.3. The molecule has 0 heterocycles. The van der Waals surface area contributed by atoms with Crippen LogP contribution in [0.3, 0.4) is 0 Å². The first-order valence-corrected chi connectivity index (χ1v) is 9.24. The van der Waals surface area contributed by atoms with Gasteiger partial charge in [0, 0.05) is 14.1 Å². The third-order valence-corrected chi connectivity index (χ3v) is 5.48. The number of nitrogens with zero attached hydrogens (tertiary/aromatic N) is 1. The fourth-order valence-corrected chi connectivity index (χ4v) is 3.07. The van der Waals surface area contributed by atoms with Gasteiger partial charge in [0.2, 0.25) is 10.0 Å². The molecule has 0 fully saturated rings. The number of para-hydroxylation sites is 1. The van der Waals surface area contributed by atoms with E-state index in [2.05, 4.69) is 5.32 Å². The lowest BCUT2D eigenvalue weighted by Crippen LogP contribution is -2.31. The third kappa shape index (κ3) is 5.04. The van der Waals surface area contributed by atoms with E-state index >= 15 is 0 Å². The molecule has 2 aromatic rings. The summed E-state index contributed by atoms with van der Waals surface area (Å²) in [4.78, 5) is 12.2. The van der Waals surface area contributed by atoms with E-state index in [0.29, 0.717) is 5.75 Å². The molecule has 1 N–H and O–H groups in total. The molecule has 0 aromatic heterocycles. The Kier molecular flexibility index (Phi) is 6.17. The van der Waals surface area contributed by atoms with Crippen LogP contribution in [0.2, 0.25) is 0 Å². The molecule has 1 amide bonds. The number of hydrogen-bond donors (Lipinski definition) is 1. The highest BCUT2D eigenvalue weighted by Crippen LogP contribution is 2.18. The fourth-order valence-electron chi connectivity index (χ4n) is 2.17. The van der Waals surface area contributed by atoms with Gasteiger partial charge in [-0.05, 0) is 36.8 Å². The van der Waals surface area contributed by atoms with Crippen LogP contribution in [0.25, 0.3) is 0 Å². The summed E-state index contributed by atoms with van der Waals surface area (Å²) in [6.45, 7) is 1.75. The lowest BCUT2D eigenvalue weighted by atomic mass is 10.1. The zero-order valence-corrected chi connectivity index (χ0v) is 15.3. The highest BCUT2D eigenvalue weighted by Gasteiger charge is 2.17. The third-order valence-electron chi connectivity index (χ3n) is 3.65. The van der Waals surface area contributed by atoms with E-state index in [4.69, 9.17) is 4.74 Å². The quantitative estimate of drug-likeness (QED) is 0.819. The Morgan fingerprint density at radius 3 is 2.24 bits per heavy atom. The molecule has 0 bridgehead atoms. The minimum absolute atomic E-state index is 0.0819. The van der Waals surface area contributed by atoms with Gasteiger partial charge < -0.3 is 10.1 Å². The van der Waals surface area contributed by atoms with Crippen molar-refractivity contribution in [1.29, 1.82) is 0 Å². The average Bonchev–Trinajstić information content (AvgIpc) is 2.60. The number of nitrogens with one attached hydrogen (secondary N) is 1. The van der Waals surface area contributed by atoms with Gasteiger partial charge in [-0.3, -0.25) is 4.79 Å². The highest BCUT2D eigenvalue weighted by atomic mass is 32.2. The first-order valence-electron chi connectivity index (χ1n) is 7.80. The van der Waals surface area contributed by atoms with Gasteiger partial charge in [-0.2, -0.15) is 0 Å². The van der Waals surface area contributed by atoms with Crippen molar-refractivity contribution >= 4 is 15.9 Å². The van der Waals surface area contributed by atoms with Gasteiger partial charge in [-0.1, -0.05) is 30.3 Å². The first kappa shape index (κ1) is 19.0. The van der Waals surface area contributed by atoms with E-state index in [0.717, 1.165) is 9.87 Å². The van der Waals surface area contributed by atoms with Gasteiger partial charge in [-0.15, -0.1) is 0 Å². The number of carbonyl (C=O) groups excluding carboxylic acids is 1. The van der Waals surface area contributed by atoms with Crippen molar-refractivity contribution in [1.82, 2.24) is 9.62 Å². The van der Waals surface area contributed by atoms with Crippen molar-refractivity contribution in [3.05, 3.63) is 60.2 Å². The average molecular weight is 362 g/mol. The van der Waals surface area contributed by atoms with Crippen LogP contribution in [0.5, 0.6) is 5.75 Å². The van der Waals surface area contributed by atoms with Crippen LogP contribution in [0.15, 0.2) is 59.5 Å². The molecular weight excluding hydrogens is 340 g/mol. The molecule has 0 aliphatic carbocycles. The Morgan fingerprint density at radius 2 is 1.68 bits per heavy atom. The van der Waals surface area contributed by atoms with Gasteiger partial charge >= 0.3 is 0 Å². The highest BCUT2D eigenvalue weighted by molar-refractivity contribution is 7.89. The number of ether oxygens (including phenoxy) is 1. The molecule has 2 aromatic carbocycles. The zero-order chi connectivity index (χ0) is 18.4. The first-order chi connectivity index (χ1) is 11.8. The minimum Gasteiger partial charge on any atom is -0.484 e. The lowest BCUT2D eigenvalue weighted by Gasteiger charge is -2.16. The van der Waals surface area contributed by atoms with Gasteiger partial charge in [0.05, 0.1) is 10.9 Å². The monoisotopic (exact) mass is 362 g/mol. The Hall–Kier alpha value is -2.38. The topological polar surface area (TPSA) is 75.7 Å². The maximum Gasteiger partial charge on any atom is 0.258 e. The molecule has 0 aliphatic heterocycles. The summed E-state index contributed by atoms with van der Waals surface area (Å²) >= 11 is 0. The van der Waals surface area contributed by atoms with Crippen molar-refractivity contribution in [2.45, 2.75) is 17.9 Å². The zero-order valence-electron chi connectivity index (χ0n) is 14.5. The smallest absolute Gasteiger partial charge is 0.258 e. The molecule has 25 heavy (non-hydrogen) atoms. The van der Waals surface area contributed by atoms with E-state index in [1.165, 1.54) is 26.2 Å². The number of amides is 1. The predicted octanol–water partition coefficient (Wildman–Crippen LogP) is 2.19. The maximum atomic E-state index is 12.1. The fraction of sp³-hybridized carbons (Fsp3) is 0.278. The van der Waals surface area contributed by atoms with Crippen molar-refractivity contribution in [3.63, 3.8) is 0 Å². The summed E-state index contributed by atoms with van der Waals surface area (Å²) in [7, 11) is -0.486. The lowest BCUT2D eigenvalue weighted by molar-refractivity contribution is -0.123. The molecule has 0 saturated carbocycles. The summed E-state index contributed by atoms with van der Waals surface area (Å²) < 4.78 is 30.7. The predicted molar refractivity (Wildman–Crippen MR) is 95.8 cm³/mol. The van der Waals surface area contributed by atoms with Crippen LogP contribution in [-0.2, 0) is 14.8 Å². The van der Waals surface area contributed by atoms with Crippen LogP contribution in [0.1, 0.15) is 18.5 Å². The standard InChI is InChI=1S/C18H22N2O4S/c1-14(19-18(21)13-24-16-7-5-4-6-8-16)15-9-11-17(12-10-15)25(22,23)20(2)3/h4-12,14H,13H2,1-3H3,(H,19,21). The second kappa shape index (κ2) is 8.13. The summed E-state index contributed by atoms with van der Waals surface area (Å²) in [5.41, 5.74) is 0.811. The van der Waals surface area contributed by atoms with Gasteiger partial charge in [0.1, 0.15) is 5.75 Å². The van der Waals surface area contributed by atoms with E-state index in [9.17, 15) is 13.2 Å². The molecule has 1 atom stereocenters.